The van der Waals surface area contributed by atoms with Gasteiger partial charge < -0.3 is 10.2 Å². The number of nitrogens with one attached hydrogen (secondary N) is 1. The van der Waals surface area contributed by atoms with Crippen molar-refractivity contribution in [1.29, 1.82) is 0 Å². The zero-order valence-corrected chi connectivity index (χ0v) is 19.7. The highest BCUT2D eigenvalue weighted by Crippen LogP contribution is 2.26. The summed E-state index contributed by atoms with van der Waals surface area (Å²) in [6, 6.07) is 18.4. The van der Waals surface area contributed by atoms with Gasteiger partial charge in [0.25, 0.3) is 11.5 Å². The van der Waals surface area contributed by atoms with E-state index in [1.54, 1.807) is 6.92 Å². The number of aromatic amines is 1. The van der Waals surface area contributed by atoms with E-state index < -0.39 is 17.2 Å². The molecule has 3 N–H and O–H groups in total. The molecule has 2 heterocycles. The van der Waals surface area contributed by atoms with E-state index in [-0.39, 0.29) is 23.7 Å². The third-order valence-electron chi connectivity index (χ3n) is 5.67. The topological polar surface area (TPSA) is 127 Å². The van der Waals surface area contributed by atoms with Crippen molar-refractivity contribution in [2.24, 2.45) is 0 Å². The molecule has 0 aliphatic carbocycles. The SMILES string of the molecule is CCCCn1c(N)c(N(Cc2ccccc2)C(=O)c2nc(-c3ccccc3)oc2C)c(=O)[nH]c1=O. The average molecular weight is 474 g/mol. The van der Waals surface area contributed by atoms with Gasteiger partial charge in [-0.1, -0.05) is 61.9 Å². The molecule has 9 nitrogen and oxygen atoms in total. The Bertz CT molecular complexity index is 1440. The number of aryl methyl sites for hydroxylation is 1. The lowest BCUT2D eigenvalue weighted by Gasteiger charge is -2.24. The lowest BCUT2D eigenvalue weighted by molar-refractivity contribution is 0.0979. The number of hydrogen-bond acceptors (Lipinski definition) is 6. The Morgan fingerprint density at radius 2 is 1.74 bits per heavy atom. The molecule has 9 heteroatoms. The summed E-state index contributed by atoms with van der Waals surface area (Å²) in [5.41, 5.74) is 6.44. The number of hydrogen-bond donors (Lipinski definition) is 2. The second kappa shape index (κ2) is 10.3. The summed E-state index contributed by atoms with van der Waals surface area (Å²) < 4.78 is 7.07. The minimum atomic E-state index is -0.742. The van der Waals surface area contributed by atoms with Gasteiger partial charge in [-0.3, -0.25) is 24.0 Å². The van der Waals surface area contributed by atoms with Gasteiger partial charge in [0, 0.05) is 12.1 Å². The van der Waals surface area contributed by atoms with Gasteiger partial charge in [0.1, 0.15) is 11.6 Å². The highest BCUT2D eigenvalue weighted by Gasteiger charge is 2.29. The highest BCUT2D eigenvalue weighted by atomic mass is 16.4. The Balaban J connectivity index is 1.84. The van der Waals surface area contributed by atoms with Crippen molar-refractivity contribution < 1.29 is 9.21 Å². The fraction of sp³-hybridized carbons (Fsp3) is 0.231. The molecule has 0 saturated heterocycles. The molecule has 0 radical (unpaired) electrons. The van der Waals surface area contributed by atoms with Crippen LogP contribution in [0.1, 0.15) is 41.6 Å². The molecule has 0 unspecified atom stereocenters. The molecule has 4 rings (SSSR count). The van der Waals surface area contributed by atoms with Crippen LogP contribution in [0, 0.1) is 6.92 Å². The van der Waals surface area contributed by atoms with Crippen molar-refractivity contribution in [1.82, 2.24) is 14.5 Å². The molecule has 2 aromatic heterocycles. The van der Waals surface area contributed by atoms with Crippen LogP contribution in [0.15, 0.2) is 74.7 Å². The molecule has 0 fully saturated rings. The van der Waals surface area contributed by atoms with E-state index >= 15 is 0 Å². The monoisotopic (exact) mass is 473 g/mol. The van der Waals surface area contributed by atoms with E-state index in [4.69, 9.17) is 10.2 Å². The Labute approximate surface area is 201 Å². The van der Waals surface area contributed by atoms with Crippen molar-refractivity contribution in [3.05, 3.63) is 98.5 Å². The van der Waals surface area contributed by atoms with Gasteiger partial charge >= 0.3 is 5.69 Å². The van der Waals surface area contributed by atoms with Crippen LogP contribution in [0.2, 0.25) is 0 Å². The number of amides is 1. The second-order valence-corrected chi connectivity index (χ2v) is 8.17. The molecule has 2 aromatic carbocycles. The number of nitrogen functional groups attached to an aromatic ring is 1. The van der Waals surface area contributed by atoms with E-state index in [9.17, 15) is 14.4 Å². The van der Waals surface area contributed by atoms with Crippen LogP contribution in [0.25, 0.3) is 11.5 Å². The van der Waals surface area contributed by atoms with E-state index in [1.165, 1.54) is 9.47 Å². The second-order valence-electron chi connectivity index (χ2n) is 8.17. The summed E-state index contributed by atoms with van der Waals surface area (Å²) in [5.74, 6) is -0.0294. The Hall–Kier alpha value is -4.40. The maximum absolute atomic E-state index is 13.8. The number of nitrogens with two attached hydrogens (primary N) is 1. The number of carbonyl (C=O) groups is 1. The minimum absolute atomic E-state index is 0.0475. The van der Waals surface area contributed by atoms with Crippen LogP contribution in [0.5, 0.6) is 0 Å². The lowest BCUT2D eigenvalue weighted by Crippen LogP contribution is -2.41. The Morgan fingerprint density at radius 3 is 2.40 bits per heavy atom. The first kappa shape index (κ1) is 23.7. The van der Waals surface area contributed by atoms with Gasteiger partial charge in [-0.2, -0.15) is 0 Å². The van der Waals surface area contributed by atoms with E-state index in [0.29, 0.717) is 24.6 Å². The predicted molar refractivity (Wildman–Crippen MR) is 134 cm³/mol. The summed E-state index contributed by atoms with van der Waals surface area (Å²) in [6.07, 6.45) is 1.51. The molecule has 35 heavy (non-hydrogen) atoms. The fourth-order valence-electron chi connectivity index (χ4n) is 3.82. The third kappa shape index (κ3) is 4.93. The van der Waals surface area contributed by atoms with E-state index in [0.717, 1.165) is 17.5 Å². The molecule has 0 spiro atoms. The smallest absolute Gasteiger partial charge is 0.330 e. The van der Waals surface area contributed by atoms with Crippen LogP contribution in [0.4, 0.5) is 11.5 Å². The van der Waals surface area contributed by atoms with Gasteiger partial charge in [-0.05, 0) is 31.0 Å². The van der Waals surface area contributed by atoms with Gasteiger partial charge in [0.05, 0.1) is 6.54 Å². The molecule has 0 bridgehead atoms. The molecular weight excluding hydrogens is 446 g/mol. The van der Waals surface area contributed by atoms with Gasteiger partial charge in [0.15, 0.2) is 11.4 Å². The van der Waals surface area contributed by atoms with E-state index in [2.05, 4.69) is 9.97 Å². The number of carbonyl (C=O) groups excluding carboxylic acids is 1. The van der Waals surface area contributed by atoms with Gasteiger partial charge in [-0.25, -0.2) is 9.78 Å². The molecule has 180 valence electrons. The summed E-state index contributed by atoms with van der Waals surface area (Å²) in [7, 11) is 0. The number of benzene rings is 2. The summed E-state index contributed by atoms with van der Waals surface area (Å²) >= 11 is 0. The highest BCUT2D eigenvalue weighted by molar-refractivity contribution is 6.06. The zero-order chi connectivity index (χ0) is 24.9. The summed E-state index contributed by atoms with van der Waals surface area (Å²) in [4.78, 5) is 47.3. The number of aromatic nitrogens is 3. The maximum atomic E-state index is 13.8. The van der Waals surface area contributed by atoms with Crippen molar-refractivity contribution in [3.8, 4) is 11.5 Å². The Kier molecular flexibility index (Phi) is 6.96. The summed E-state index contributed by atoms with van der Waals surface area (Å²) in [5, 5.41) is 0. The average Bonchev–Trinajstić information content (AvgIpc) is 3.25. The van der Waals surface area contributed by atoms with Crippen LogP contribution in [-0.2, 0) is 13.1 Å². The van der Waals surface area contributed by atoms with Crippen molar-refractivity contribution in [3.63, 3.8) is 0 Å². The van der Waals surface area contributed by atoms with Crippen LogP contribution < -0.4 is 21.9 Å². The molecule has 0 atom stereocenters. The zero-order valence-electron chi connectivity index (χ0n) is 19.7. The minimum Gasteiger partial charge on any atom is -0.441 e. The first-order valence-corrected chi connectivity index (χ1v) is 11.4. The first-order valence-electron chi connectivity index (χ1n) is 11.4. The molecular formula is C26H27N5O4. The van der Waals surface area contributed by atoms with Crippen molar-refractivity contribution >= 4 is 17.4 Å². The largest absolute Gasteiger partial charge is 0.441 e. The number of unbranched alkanes of at least 4 members (excludes halogenated alkanes) is 1. The number of rotatable bonds is 8. The standard InChI is InChI=1S/C26H27N5O4/c1-3-4-15-30-22(27)21(23(32)29-26(30)34)31(16-18-11-7-5-8-12-18)25(33)20-17(2)35-24(28-20)19-13-9-6-10-14-19/h5-14H,3-4,15-16,27H2,1-2H3,(H,29,32,34). The van der Waals surface area contributed by atoms with E-state index in [1.807, 2.05) is 67.6 Å². The number of anilines is 2. The third-order valence-corrected chi connectivity index (χ3v) is 5.67. The van der Waals surface area contributed by atoms with Crippen LogP contribution >= 0.6 is 0 Å². The van der Waals surface area contributed by atoms with Crippen LogP contribution in [0.3, 0.4) is 0 Å². The fourth-order valence-corrected chi connectivity index (χ4v) is 3.82. The number of oxazole rings is 1. The molecule has 4 aromatic rings. The van der Waals surface area contributed by atoms with Crippen molar-refractivity contribution in [2.75, 3.05) is 10.6 Å². The first-order chi connectivity index (χ1) is 16.9. The summed E-state index contributed by atoms with van der Waals surface area (Å²) in [6.45, 7) is 3.99. The van der Waals surface area contributed by atoms with Crippen molar-refractivity contribution in [2.45, 2.75) is 39.8 Å². The molecule has 0 aliphatic heterocycles. The number of H-pyrrole nitrogens is 1. The van der Waals surface area contributed by atoms with Crippen LogP contribution in [-0.4, -0.2) is 20.4 Å². The Morgan fingerprint density at radius 1 is 1.09 bits per heavy atom. The predicted octanol–water partition coefficient (Wildman–Crippen LogP) is 3.73. The lowest BCUT2D eigenvalue weighted by atomic mass is 10.2. The molecule has 0 aliphatic rings. The quantitative estimate of drug-likeness (QED) is 0.401. The molecule has 1 amide bonds. The van der Waals surface area contributed by atoms with Gasteiger partial charge in [-0.15, -0.1) is 0 Å². The van der Waals surface area contributed by atoms with Gasteiger partial charge in [0.2, 0.25) is 5.89 Å². The maximum Gasteiger partial charge on any atom is 0.330 e. The molecule has 0 saturated carbocycles. The normalized spacial score (nSPS) is 10.9. The number of nitrogens with zero attached hydrogens (tertiary/aromatic N) is 3.